The van der Waals surface area contributed by atoms with Crippen molar-refractivity contribution >= 4 is 5.97 Å². The Balaban J connectivity index is 1.79. The Morgan fingerprint density at radius 3 is 2.48 bits per heavy atom. The van der Waals surface area contributed by atoms with Gasteiger partial charge in [-0.3, -0.25) is 4.79 Å². The van der Waals surface area contributed by atoms with Crippen LogP contribution in [-0.4, -0.2) is 46.2 Å². The average Bonchev–Trinajstić information content (AvgIpc) is 2.87. The van der Waals surface area contributed by atoms with Gasteiger partial charge in [-0.15, -0.1) is 0 Å². The zero-order chi connectivity index (χ0) is 19.8. The largest absolute Gasteiger partial charge is 0.459 e. The van der Waals surface area contributed by atoms with Crippen molar-refractivity contribution in [1.82, 2.24) is 0 Å². The first-order valence-electron chi connectivity index (χ1n) is 10.7. The molecule has 3 saturated heterocycles. The molecule has 1 aliphatic carbocycles. The van der Waals surface area contributed by atoms with Gasteiger partial charge in [0, 0.05) is 25.2 Å². The maximum atomic E-state index is 11.9. The maximum absolute atomic E-state index is 11.9. The Kier molecular flexibility index (Phi) is 4.49. The molecule has 9 atom stereocenters. The summed E-state index contributed by atoms with van der Waals surface area (Å²) in [6.45, 7) is 12.4. The molecule has 0 unspecified atom stereocenters. The number of rotatable bonds is 2. The fourth-order valence-electron chi connectivity index (χ4n) is 7.01. The first-order chi connectivity index (χ1) is 12.5. The van der Waals surface area contributed by atoms with Gasteiger partial charge in [0.25, 0.3) is 0 Å². The Morgan fingerprint density at radius 1 is 1.15 bits per heavy atom. The molecule has 5 heteroatoms. The summed E-state index contributed by atoms with van der Waals surface area (Å²) in [4.78, 5) is 11.9. The summed E-state index contributed by atoms with van der Waals surface area (Å²) in [7, 11) is 0. The Bertz CT molecular complexity index is 620. The van der Waals surface area contributed by atoms with E-state index in [0.717, 1.165) is 25.7 Å². The maximum Gasteiger partial charge on any atom is 0.303 e. The molecule has 0 spiro atoms. The minimum Gasteiger partial charge on any atom is -0.459 e. The van der Waals surface area contributed by atoms with E-state index in [1.165, 1.54) is 6.92 Å². The lowest BCUT2D eigenvalue weighted by molar-refractivity contribution is -0.251. The molecule has 4 bridgehead atoms. The van der Waals surface area contributed by atoms with Gasteiger partial charge in [0.05, 0.1) is 29.5 Å². The smallest absolute Gasteiger partial charge is 0.303 e. The van der Waals surface area contributed by atoms with Crippen molar-refractivity contribution in [3.05, 3.63) is 0 Å². The van der Waals surface area contributed by atoms with Crippen LogP contribution in [0.1, 0.15) is 73.6 Å². The van der Waals surface area contributed by atoms with Gasteiger partial charge in [-0.05, 0) is 58.3 Å². The number of aliphatic hydroxyl groups excluding tert-OH is 1. The summed E-state index contributed by atoms with van der Waals surface area (Å²) in [5.74, 6) is 1.34. The fraction of sp³-hybridized carbons (Fsp3) is 0.955. The quantitative estimate of drug-likeness (QED) is 0.743. The number of aliphatic hydroxyl groups is 1. The van der Waals surface area contributed by atoms with Crippen molar-refractivity contribution in [3.8, 4) is 0 Å². The second-order valence-electron chi connectivity index (χ2n) is 10.5. The number of hydrogen-bond acceptors (Lipinski definition) is 5. The molecule has 4 rings (SSSR count). The van der Waals surface area contributed by atoms with E-state index in [1.54, 1.807) is 0 Å². The normalized spacial score (nSPS) is 54.4. The van der Waals surface area contributed by atoms with E-state index in [-0.39, 0.29) is 24.1 Å². The monoisotopic (exact) mass is 380 g/mol. The molecule has 0 aromatic carbocycles. The molecule has 3 aliphatic heterocycles. The van der Waals surface area contributed by atoms with Gasteiger partial charge >= 0.3 is 5.97 Å². The molecule has 5 nitrogen and oxygen atoms in total. The Morgan fingerprint density at radius 2 is 1.85 bits per heavy atom. The third kappa shape index (κ3) is 2.87. The fourth-order valence-corrected chi connectivity index (χ4v) is 7.01. The third-order valence-corrected chi connectivity index (χ3v) is 8.19. The van der Waals surface area contributed by atoms with Crippen molar-refractivity contribution < 1.29 is 24.1 Å². The average molecular weight is 381 g/mol. The number of ether oxygens (including phenoxy) is 3. The predicted molar refractivity (Wildman–Crippen MR) is 101 cm³/mol. The molecule has 0 aromatic rings. The predicted octanol–water partition coefficient (Wildman–Crippen LogP) is 3.47. The van der Waals surface area contributed by atoms with Crippen LogP contribution in [0.15, 0.2) is 0 Å². The highest BCUT2D eigenvalue weighted by atomic mass is 16.6. The van der Waals surface area contributed by atoms with Crippen molar-refractivity contribution in [1.29, 1.82) is 0 Å². The SMILES string of the molecule is CC(=O)O[C@@]1(C)CC[C@H](C(C)C)[C@@H]2[C@H]1[C@H]1C[C@]3(C)O[C@](C)(CC[C@H]3O)[C@@H]2O1. The lowest BCUT2D eigenvalue weighted by atomic mass is 9.56. The number of carbonyl (C=O) groups is 1. The number of esters is 1. The highest BCUT2D eigenvalue weighted by Gasteiger charge is 2.68. The number of hydrogen-bond donors (Lipinski definition) is 1. The standard InChI is InChI=1S/C22H36O5/c1-12(2)14-7-9-20(4,26-13(3)23)18-15-11-22(6)16(24)8-10-21(5,27-22)19(25-15)17(14)18/h12,14-19,24H,7-11H2,1-6H3/t14-,15-,16-,17-,18-,19-,20+,21-,22+/m1/s1. The molecule has 27 heavy (non-hydrogen) atoms. The van der Waals surface area contributed by atoms with E-state index in [0.29, 0.717) is 24.2 Å². The van der Waals surface area contributed by atoms with Crippen LogP contribution in [0.2, 0.25) is 0 Å². The van der Waals surface area contributed by atoms with Gasteiger partial charge in [-0.2, -0.15) is 0 Å². The third-order valence-electron chi connectivity index (χ3n) is 8.19. The van der Waals surface area contributed by atoms with E-state index in [2.05, 4.69) is 27.7 Å². The topological polar surface area (TPSA) is 65.0 Å². The van der Waals surface area contributed by atoms with Gasteiger partial charge in [-0.1, -0.05) is 13.8 Å². The summed E-state index contributed by atoms with van der Waals surface area (Å²) < 4.78 is 19.3. The van der Waals surface area contributed by atoms with E-state index >= 15 is 0 Å². The Hall–Kier alpha value is -0.650. The summed E-state index contributed by atoms with van der Waals surface area (Å²) in [6.07, 6.45) is 3.60. The van der Waals surface area contributed by atoms with Crippen molar-refractivity contribution in [2.45, 2.75) is 109 Å². The van der Waals surface area contributed by atoms with Crippen LogP contribution >= 0.6 is 0 Å². The molecular weight excluding hydrogens is 344 g/mol. The molecular formula is C22H36O5. The highest BCUT2D eigenvalue weighted by Crippen LogP contribution is 2.61. The van der Waals surface area contributed by atoms with Gasteiger partial charge in [0.2, 0.25) is 0 Å². The molecule has 0 aromatic heterocycles. The summed E-state index contributed by atoms with van der Waals surface area (Å²) in [5, 5.41) is 10.7. The minimum absolute atomic E-state index is 0.00981. The number of fused-ring (bicyclic) bond motifs is 8. The molecule has 1 N–H and O–H groups in total. The molecule has 0 radical (unpaired) electrons. The van der Waals surface area contributed by atoms with E-state index in [1.807, 2.05) is 6.92 Å². The lowest BCUT2D eigenvalue weighted by Crippen LogP contribution is -2.63. The van der Waals surface area contributed by atoms with Crippen LogP contribution in [-0.2, 0) is 19.0 Å². The van der Waals surface area contributed by atoms with Crippen LogP contribution in [0.25, 0.3) is 0 Å². The van der Waals surface area contributed by atoms with E-state index in [4.69, 9.17) is 14.2 Å². The van der Waals surface area contributed by atoms with Gasteiger partial charge in [0.1, 0.15) is 5.60 Å². The van der Waals surface area contributed by atoms with E-state index < -0.39 is 22.9 Å². The lowest BCUT2D eigenvalue weighted by Gasteiger charge is -2.55. The van der Waals surface area contributed by atoms with Gasteiger partial charge in [0.15, 0.2) is 0 Å². The highest BCUT2D eigenvalue weighted by molar-refractivity contribution is 5.66. The van der Waals surface area contributed by atoms with Crippen molar-refractivity contribution in [3.63, 3.8) is 0 Å². The van der Waals surface area contributed by atoms with Gasteiger partial charge < -0.3 is 19.3 Å². The van der Waals surface area contributed by atoms with Crippen molar-refractivity contribution in [2.75, 3.05) is 0 Å². The Labute approximate surface area is 163 Å². The molecule has 1 saturated carbocycles. The summed E-state index contributed by atoms with van der Waals surface area (Å²) in [5.41, 5.74) is -1.51. The van der Waals surface area contributed by atoms with Crippen molar-refractivity contribution in [2.24, 2.45) is 23.7 Å². The first kappa shape index (κ1) is 19.7. The second-order valence-corrected chi connectivity index (χ2v) is 10.5. The van der Waals surface area contributed by atoms with Crippen LogP contribution in [0.3, 0.4) is 0 Å². The number of carbonyl (C=O) groups excluding carboxylic acids is 1. The molecule has 3 heterocycles. The van der Waals surface area contributed by atoms with Crippen LogP contribution in [0.5, 0.6) is 0 Å². The minimum atomic E-state index is -0.598. The van der Waals surface area contributed by atoms with Crippen LogP contribution in [0, 0.1) is 23.7 Å². The molecule has 4 aliphatic rings. The second kappa shape index (κ2) is 6.17. The summed E-state index contributed by atoms with van der Waals surface area (Å²) >= 11 is 0. The zero-order valence-electron chi connectivity index (χ0n) is 17.7. The summed E-state index contributed by atoms with van der Waals surface area (Å²) in [6, 6.07) is 0. The van der Waals surface area contributed by atoms with E-state index in [9.17, 15) is 9.90 Å². The van der Waals surface area contributed by atoms with Crippen LogP contribution < -0.4 is 0 Å². The zero-order valence-corrected chi connectivity index (χ0v) is 17.7. The molecule has 154 valence electrons. The molecule has 0 amide bonds. The van der Waals surface area contributed by atoms with Gasteiger partial charge in [-0.25, -0.2) is 0 Å². The first-order valence-corrected chi connectivity index (χ1v) is 10.7. The molecule has 4 fully saturated rings. The van der Waals surface area contributed by atoms with Crippen LogP contribution in [0.4, 0.5) is 0 Å².